The van der Waals surface area contributed by atoms with Crippen LogP contribution in [0.1, 0.15) is 58.4 Å². The predicted molar refractivity (Wildman–Crippen MR) is 117 cm³/mol. The van der Waals surface area contributed by atoms with Gasteiger partial charge >= 0.3 is 5.97 Å². The number of anilines is 1. The minimum absolute atomic E-state index is 0.0186. The highest BCUT2D eigenvalue weighted by Crippen LogP contribution is 2.26. The molecular weight excluding hydrogens is 398 g/mol. The predicted octanol–water partition coefficient (Wildman–Crippen LogP) is 4.40. The van der Waals surface area contributed by atoms with Crippen molar-refractivity contribution < 1.29 is 19.2 Å². The zero-order valence-electron chi connectivity index (χ0n) is 17.8. The van der Waals surface area contributed by atoms with Gasteiger partial charge in [-0.25, -0.2) is 4.79 Å². The molecule has 3 rings (SSSR count). The first kappa shape index (κ1) is 22.4. The number of rotatable bonds is 7. The number of nitrogens with zero attached hydrogens (tertiary/aromatic N) is 2. The lowest BCUT2D eigenvalue weighted by Crippen LogP contribution is -2.33. The summed E-state index contributed by atoms with van der Waals surface area (Å²) in [7, 11) is 3.28. The number of esters is 1. The van der Waals surface area contributed by atoms with Crippen LogP contribution in [0, 0.1) is 10.1 Å². The summed E-state index contributed by atoms with van der Waals surface area (Å²) in [6.45, 7) is 0.684. The van der Waals surface area contributed by atoms with Crippen molar-refractivity contribution in [1.29, 1.82) is 0 Å². The zero-order chi connectivity index (χ0) is 22.4. The Labute approximate surface area is 181 Å². The van der Waals surface area contributed by atoms with E-state index in [1.54, 1.807) is 6.07 Å². The molecule has 164 valence electrons. The number of hydrogen-bond acceptors (Lipinski definition) is 6. The number of ether oxygens (including phenoxy) is 1. The number of amides is 1. The summed E-state index contributed by atoms with van der Waals surface area (Å²) in [5, 5.41) is 14.1. The summed E-state index contributed by atoms with van der Waals surface area (Å²) in [5.74, 6) is -1.27. The van der Waals surface area contributed by atoms with Crippen LogP contribution >= 0.6 is 0 Å². The van der Waals surface area contributed by atoms with E-state index in [1.165, 1.54) is 45.3 Å². The third kappa shape index (κ3) is 5.67. The summed E-state index contributed by atoms with van der Waals surface area (Å²) < 4.78 is 4.65. The lowest BCUT2D eigenvalue weighted by atomic mass is 9.94. The van der Waals surface area contributed by atoms with Crippen LogP contribution in [0.15, 0.2) is 42.5 Å². The van der Waals surface area contributed by atoms with Crippen LogP contribution in [0.4, 0.5) is 11.4 Å². The second-order valence-corrected chi connectivity index (χ2v) is 7.84. The van der Waals surface area contributed by atoms with Crippen molar-refractivity contribution in [3.63, 3.8) is 0 Å². The first-order chi connectivity index (χ1) is 14.9. The van der Waals surface area contributed by atoms with Gasteiger partial charge in [0.05, 0.1) is 17.6 Å². The van der Waals surface area contributed by atoms with E-state index in [-0.39, 0.29) is 16.8 Å². The van der Waals surface area contributed by atoms with Gasteiger partial charge in [0, 0.05) is 36.0 Å². The minimum atomic E-state index is -0.743. The molecule has 8 nitrogen and oxygen atoms in total. The molecule has 1 aliphatic rings. The highest BCUT2D eigenvalue weighted by molar-refractivity contribution is 6.06. The summed E-state index contributed by atoms with van der Waals surface area (Å²) in [6.07, 6.45) is 6.11. The Hall–Kier alpha value is -3.26. The molecule has 0 spiro atoms. The maximum absolute atomic E-state index is 12.9. The van der Waals surface area contributed by atoms with Crippen molar-refractivity contribution in [3.8, 4) is 0 Å². The van der Waals surface area contributed by atoms with E-state index in [1.807, 2.05) is 18.2 Å². The van der Waals surface area contributed by atoms with E-state index in [2.05, 4.69) is 22.0 Å². The van der Waals surface area contributed by atoms with Gasteiger partial charge in [0.2, 0.25) is 0 Å². The van der Waals surface area contributed by atoms with Gasteiger partial charge in [-0.15, -0.1) is 0 Å². The number of non-ortho nitro benzene ring substituents is 1. The number of hydrogen-bond donors (Lipinski definition) is 1. The fourth-order valence-corrected chi connectivity index (χ4v) is 3.98. The molecule has 1 aliphatic carbocycles. The third-order valence-electron chi connectivity index (χ3n) is 5.70. The molecule has 8 heteroatoms. The van der Waals surface area contributed by atoms with E-state index in [9.17, 15) is 19.7 Å². The lowest BCUT2D eigenvalue weighted by molar-refractivity contribution is -0.384. The molecule has 31 heavy (non-hydrogen) atoms. The highest BCUT2D eigenvalue weighted by atomic mass is 16.6. The van der Waals surface area contributed by atoms with E-state index < -0.39 is 16.8 Å². The second kappa shape index (κ2) is 10.2. The number of para-hydroxylation sites is 1. The van der Waals surface area contributed by atoms with Gasteiger partial charge in [0.1, 0.15) is 0 Å². The van der Waals surface area contributed by atoms with Crippen LogP contribution in [0.3, 0.4) is 0 Å². The van der Waals surface area contributed by atoms with E-state index >= 15 is 0 Å². The Balaban J connectivity index is 1.81. The number of nitrogens with one attached hydrogen (secondary N) is 1. The van der Waals surface area contributed by atoms with Crippen molar-refractivity contribution in [2.75, 3.05) is 19.5 Å². The number of methoxy groups -OCH3 is 1. The highest BCUT2D eigenvalue weighted by Gasteiger charge is 2.21. The molecule has 2 aromatic rings. The van der Waals surface area contributed by atoms with E-state index in [0.29, 0.717) is 18.3 Å². The summed E-state index contributed by atoms with van der Waals surface area (Å²) in [6, 6.07) is 11.6. The topological polar surface area (TPSA) is 102 Å². The van der Waals surface area contributed by atoms with Crippen molar-refractivity contribution in [2.24, 2.45) is 0 Å². The second-order valence-electron chi connectivity index (χ2n) is 7.84. The molecule has 2 aromatic carbocycles. The SMILES string of the molecule is COC(=O)c1cc(C(=O)Nc2ccccc2CN(C)C2CCCCC2)cc([N+](=O)[O-])c1. The first-order valence-corrected chi connectivity index (χ1v) is 10.4. The van der Waals surface area contributed by atoms with Gasteiger partial charge < -0.3 is 10.1 Å². The van der Waals surface area contributed by atoms with Gasteiger partial charge in [-0.05, 0) is 37.6 Å². The minimum Gasteiger partial charge on any atom is -0.465 e. The number of carbonyl (C=O) groups is 2. The van der Waals surface area contributed by atoms with Gasteiger partial charge in [0.15, 0.2) is 0 Å². The monoisotopic (exact) mass is 425 g/mol. The lowest BCUT2D eigenvalue weighted by Gasteiger charge is -2.31. The Morgan fingerprint density at radius 3 is 2.48 bits per heavy atom. The van der Waals surface area contributed by atoms with Crippen LogP contribution in [0.25, 0.3) is 0 Å². The smallest absolute Gasteiger partial charge is 0.338 e. The molecule has 1 amide bonds. The van der Waals surface area contributed by atoms with Gasteiger partial charge in [-0.2, -0.15) is 0 Å². The summed E-state index contributed by atoms with van der Waals surface area (Å²) >= 11 is 0. The average molecular weight is 425 g/mol. The van der Waals surface area contributed by atoms with Crippen molar-refractivity contribution in [2.45, 2.75) is 44.7 Å². The molecule has 1 saturated carbocycles. The zero-order valence-corrected chi connectivity index (χ0v) is 17.8. The molecule has 0 saturated heterocycles. The maximum Gasteiger partial charge on any atom is 0.338 e. The molecule has 0 aliphatic heterocycles. The molecule has 0 heterocycles. The summed E-state index contributed by atoms with van der Waals surface area (Å²) in [4.78, 5) is 37.7. The normalized spacial score (nSPS) is 14.3. The van der Waals surface area contributed by atoms with Gasteiger partial charge in [-0.3, -0.25) is 19.8 Å². The van der Waals surface area contributed by atoms with Crippen LogP contribution < -0.4 is 5.32 Å². The third-order valence-corrected chi connectivity index (χ3v) is 5.70. The Morgan fingerprint density at radius 1 is 1.13 bits per heavy atom. The molecular formula is C23H27N3O5. The number of benzene rings is 2. The molecule has 1 N–H and O–H groups in total. The molecule has 0 bridgehead atoms. The summed E-state index contributed by atoms with van der Waals surface area (Å²) in [5.41, 5.74) is 1.22. The van der Waals surface area contributed by atoms with E-state index in [4.69, 9.17) is 0 Å². The molecule has 0 atom stereocenters. The standard InChI is InChI=1S/C23H27N3O5/c1-25(19-9-4-3-5-10-19)15-16-8-6-7-11-21(16)24-22(27)17-12-18(23(28)31-2)14-20(13-17)26(29)30/h6-8,11-14,19H,3-5,9-10,15H2,1-2H3,(H,24,27). The van der Waals surface area contributed by atoms with E-state index in [0.717, 1.165) is 17.7 Å². The van der Waals surface area contributed by atoms with Gasteiger partial charge in [-0.1, -0.05) is 37.5 Å². The van der Waals surface area contributed by atoms with Crippen LogP contribution in [-0.4, -0.2) is 41.9 Å². The number of nitro benzene ring substituents is 1. The van der Waals surface area contributed by atoms with Crippen LogP contribution in [-0.2, 0) is 11.3 Å². The van der Waals surface area contributed by atoms with Crippen molar-refractivity contribution >= 4 is 23.3 Å². The van der Waals surface area contributed by atoms with Crippen LogP contribution in [0.2, 0.25) is 0 Å². The van der Waals surface area contributed by atoms with Gasteiger partial charge in [0.25, 0.3) is 11.6 Å². The van der Waals surface area contributed by atoms with Crippen molar-refractivity contribution in [1.82, 2.24) is 4.90 Å². The molecule has 0 unspecified atom stereocenters. The number of carbonyl (C=O) groups excluding carboxylic acids is 2. The largest absolute Gasteiger partial charge is 0.465 e. The average Bonchev–Trinajstić information content (AvgIpc) is 2.79. The van der Waals surface area contributed by atoms with Crippen molar-refractivity contribution in [3.05, 3.63) is 69.3 Å². The van der Waals surface area contributed by atoms with Crippen LogP contribution in [0.5, 0.6) is 0 Å². The first-order valence-electron chi connectivity index (χ1n) is 10.4. The number of nitro groups is 1. The fourth-order valence-electron chi connectivity index (χ4n) is 3.98. The maximum atomic E-state index is 12.9. The molecule has 0 radical (unpaired) electrons. The Morgan fingerprint density at radius 2 is 1.81 bits per heavy atom. The quantitative estimate of drug-likeness (QED) is 0.401. The molecule has 0 aromatic heterocycles. The molecule has 1 fully saturated rings. The Bertz CT molecular complexity index is 969. The fraction of sp³-hybridized carbons (Fsp3) is 0.391. The Kier molecular flexibility index (Phi) is 7.36.